The van der Waals surface area contributed by atoms with Gasteiger partial charge < -0.3 is 25.4 Å². The maximum absolute atomic E-state index is 13.5. The number of hydrogen-bond donors (Lipinski definition) is 3. The van der Waals surface area contributed by atoms with Crippen molar-refractivity contribution >= 4 is 46.3 Å². The van der Waals surface area contributed by atoms with Gasteiger partial charge in [-0.15, -0.1) is 11.3 Å². The quantitative estimate of drug-likeness (QED) is 0.158. The van der Waals surface area contributed by atoms with Crippen LogP contribution in [0.2, 0.25) is 0 Å². The SMILES string of the molecule is CC(=O)NCCCCCN1CCN(C)[C@H](c2ccc(Nc3nc(-c4cccc(NC(=O)c5cc6c(s5)CCCC6)c4C)cn(C)c3=O)cc2)C1=O. The molecule has 2 aromatic carbocycles. The number of rotatable bonds is 12. The Hall–Kier alpha value is -4.81. The van der Waals surface area contributed by atoms with Crippen LogP contribution in [0.25, 0.3) is 11.3 Å². The zero-order valence-corrected chi connectivity index (χ0v) is 30.7. The van der Waals surface area contributed by atoms with Gasteiger partial charge in [-0.05, 0) is 99.9 Å². The molecule has 1 atom stereocenters. The number of nitrogens with one attached hydrogen (secondary N) is 3. The number of aryl methyl sites for hydroxylation is 3. The predicted octanol–water partition coefficient (Wildman–Crippen LogP) is 5.81. The predicted molar refractivity (Wildman–Crippen MR) is 203 cm³/mol. The lowest BCUT2D eigenvalue weighted by atomic mass is 9.99. The second-order valence-corrected chi connectivity index (χ2v) is 14.7. The van der Waals surface area contributed by atoms with Crippen molar-refractivity contribution in [2.75, 3.05) is 43.9 Å². The van der Waals surface area contributed by atoms with Gasteiger partial charge in [-0.3, -0.25) is 24.1 Å². The summed E-state index contributed by atoms with van der Waals surface area (Å²) in [5, 5.41) is 9.12. The van der Waals surface area contributed by atoms with Crippen LogP contribution in [0.4, 0.5) is 17.2 Å². The Morgan fingerprint density at radius 1 is 0.980 bits per heavy atom. The third kappa shape index (κ3) is 8.40. The van der Waals surface area contributed by atoms with Gasteiger partial charge in [0.25, 0.3) is 11.5 Å². The Bertz CT molecular complexity index is 1950. The second-order valence-electron chi connectivity index (χ2n) is 13.6. The Labute approximate surface area is 303 Å². The molecule has 1 aliphatic carbocycles. The molecule has 11 nitrogen and oxygen atoms in total. The minimum atomic E-state index is -0.387. The first-order valence-electron chi connectivity index (χ1n) is 17.8. The number of hydrogen-bond acceptors (Lipinski definition) is 8. The minimum Gasteiger partial charge on any atom is -0.356 e. The van der Waals surface area contributed by atoms with Crippen LogP contribution in [0.1, 0.15) is 76.3 Å². The summed E-state index contributed by atoms with van der Waals surface area (Å²) < 4.78 is 1.50. The number of amides is 3. The van der Waals surface area contributed by atoms with Gasteiger partial charge >= 0.3 is 0 Å². The zero-order chi connectivity index (χ0) is 36.1. The van der Waals surface area contributed by atoms with Gasteiger partial charge in [0.15, 0.2) is 5.82 Å². The largest absolute Gasteiger partial charge is 0.356 e. The highest BCUT2D eigenvalue weighted by Crippen LogP contribution is 2.32. The summed E-state index contributed by atoms with van der Waals surface area (Å²) >= 11 is 1.59. The van der Waals surface area contributed by atoms with Crippen molar-refractivity contribution in [2.24, 2.45) is 7.05 Å². The van der Waals surface area contributed by atoms with Gasteiger partial charge in [-0.25, -0.2) is 4.98 Å². The van der Waals surface area contributed by atoms with Crippen LogP contribution in [0.3, 0.4) is 0 Å². The molecule has 0 unspecified atom stereocenters. The fourth-order valence-corrected chi connectivity index (χ4v) is 8.05. The van der Waals surface area contributed by atoms with Crippen molar-refractivity contribution in [3.8, 4) is 11.3 Å². The Morgan fingerprint density at radius 2 is 1.76 bits per heavy atom. The fourth-order valence-electron chi connectivity index (χ4n) is 6.91. The van der Waals surface area contributed by atoms with Crippen molar-refractivity contribution in [3.63, 3.8) is 0 Å². The van der Waals surface area contributed by atoms with Crippen molar-refractivity contribution in [2.45, 2.75) is 64.8 Å². The first-order valence-corrected chi connectivity index (χ1v) is 18.6. The number of fused-ring (bicyclic) bond motifs is 1. The second kappa shape index (κ2) is 16.0. The van der Waals surface area contributed by atoms with E-state index in [-0.39, 0.29) is 35.1 Å². The third-order valence-electron chi connectivity index (χ3n) is 9.83. The number of unbranched alkanes of at least 4 members (excludes halogenated alkanes) is 2. The topological polar surface area (TPSA) is 129 Å². The number of likely N-dealkylation sites (N-methyl/N-ethyl adjacent to an activating group) is 1. The van der Waals surface area contributed by atoms with E-state index in [1.807, 2.05) is 67.4 Å². The summed E-state index contributed by atoms with van der Waals surface area (Å²) in [6.07, 6.45) is 8.85. The Balaban J connectivity index is 1.13. The van der Waals surface area contributed by atoms with Crippen LogP contribution < -0.4 is 21.5 Å². The van der Waals surface area contributed by atoms with Crippen molar-refractivity contribution < 1.29 is 14.4 Å². The van der Waals surface area contributed by atoms with E-state index in [2.05, 4.69) is 20.9 Å². The molecule has 0 saturated carbocycles. The summed E-state index contributed by atoms with van der Waals surface area (Å²) in [6.45, 7) is 6.28. The van der Waals surface area contributed by atoms with Gasteiger partial charge in [0, 0.05) is 68.2 Å². The summed E-state index contributed by atoms with van der Waals surface area (Å²) in [5.74, 6) is 0.124. The molecular formula is C39H47N7O4S. The molecule has 0 spiro atoms. The van der Waals surface area contributed by atoms with Gasteiger partial charge in [0.05, 0.1) is 10.6 Å². The Morgan fingerprint density at radius 3 is 2.53 bits per heavy atom. The standard InChI is InChI=1S/C39H47N7O4S/c1-25-30(12-10-13-31(25)43-37(48)34-23-28-11-6-7-14-33(28)51-34)32-24-45(4)39(50)36(42-32)41-29-17-15-27(16-18-29)35-38(49)46(22-21-44(35)3)20-9-5-8-19-40-26(2)47/h10,12-13,15-18,23-24,35H,5-9,11,14,19-22H2,1-4H3,(H,40,47)(H,41,42)(H,43,48)/t35-/m1/s1. The summed E-state index contributed by atoms with van der Waals surface area (Å²) in [6, 6.07) is 14.9. The molecule has 268 valence electrons. The highest BCUT2D eigenvalue weighted by Gasteiger charge is 2.33. The highest BCUT2D eigenvalue weighted by molar-refractivity contribution is 7.14. The molecule has 2 aromatic heterocycles. The van der Waals surface area contributed by atoms with Gasteiger partial charge in [-0.2, -0.15) is 0 Å². The van der Waals surface area contributed by atoms with E-state index < -0.39 is 0 Å². The average molecular weight is 710 g/mol. The number of aromatic nitrogens is 2. The first-order chi connectivity index (χ1) is 24.6. The Kier molecular flexibility index (Phi) is 11.3. The molecule has 12 heteroatoms. The van der Waals surface area contributed by atoms with Crippen molar-refractivity contribution in [1.82, 2.24) is 24.7 Å². The van der Waals surface area contributed by atoms with E-state index >= 15 is 0 Å². The summed E-state index contributed by atoms with van der Waals surface area (Å²) in [5.41, 5.74) is 5.55. The van der Waals surface area contributed by atoms with Gasteiger partial charge in [0.1, 0.15) is 6.04 Å². The molecule has 1 saturated heterocycles. The van der Waals surface area contributed by atoms with E-state index in [0.717, 1.165) is 60.2 Å². The number of nitrogens with zero attached hydrogens (tertiary/aromatic N) is 4. The molecule has 2 aliphatic rings. The lowest BCUT2D eigenvalue weighted by Crippen LogP contribution is -2.51. The lowest BCUT2D eigenvalue weighted by molar-refractivity contribution is -0.141. The van der Waals surface area contributed by atoms with Crippen LogP contribution in [0, 0.1) is 6.92 Å². The molecular weight excluding hydrogens is 663 g/mol. The monoisotopic (exact) mass is 709 g/mol. The average Bonchev–Trinajstić information content (AvgIpc) is 3.55. The minimum absolute atomic E-state index is 0.0214. The van der Waals surface area contributed by atoms with Crippen LogP contribution in [-0.4, -0.2) is 70.3 Å². The first kappa shape index (κ1) is 36.0. The molecule has 3 amide bonds. The van der Waals surface area contributed by atoms with Gasteiger partial charge in [-0.1, -0.05) is 24.3 Å². The lowest BCUT2D eigenvalue weighted by Gasteiger charge is -2.39. The van der Waals surface area contributed by atoms with Crippen LogP contribution in [-0.2, 0) is 29.5 Å². The molecule has 1 aliphatic heterocycles. The van der Waals surface area contributed by atoms with E-state index in [1.54, 1.807) is 24.6 Å². The number of anilines is 3. The van der Waals surface area contributed by atoms with Crippen LogP contribution in [0.15, 0.2) is 59.5 Å². The normalized spacial score (nSPS) is 16.1. The maximum Gasteiger partial charge on any atom is 0.293 e. The number of carbonyl (C=O) groups excluding carboxylic acids is 3. The number of piperazine rings is 1. The molecule has 3 N–H and O–H groups in total. The number of thiophene rings is 1. The smallest absolute Gasteiger partial charge is 0.293 e. The van der Waals surface area contributed by atoms with Gasteiger partial charge in [0.2, 0.25) is 11.8 Å². The van der Waals surface area contributed by atoms with E-state index in [1.165, 1.54) is 34.8 Å². The van der Waals surface area contributed by atoms with E-state index in [0.29, 0.717) is 36.7 Å². The van der Waals surface area contributed by atoms with E-state index in [9.17, 15) is 19.2 Å². The third-order valence-corrected chi connectivity index (χ3v) is 11.1. The molecule has 6 rings (SSSR count). The zero-order valence-electron chi connectivity index (χ0n) is 29.9. The molecule has 0 bridgehead atoms. The molecule has 51 heavy (non-hydrogen) atoms. The number of carbonyl (C=O) groups is 3. The van der Waals surface area contributed by atoms with Crippen LogP contribution >= 0.6 is 11.3 Å². The molecule has 0 radical (unpaired) electrons. The van der Waals surface area contributed by atoms with E-state index in [4.69, 9.17) is 4.98 Å². The van der Waals surface area contributed by atoms with Crippen molar-refractivity contribution in [3.05, 3.63) is 91.5 Å². The summed E-state index contributed by atoms with van der Waals surface area (Å²) in [7, 11) is 3.66. The molecule has 4 aromatic rings. The fraction of sp³-hybridized carbons (Fsp3) is 0.410. The molecule has 1 fully saturated rings. The number of benzene rings is 2. The molecule has 3 heterocycles. The van der Waals surface area contributed by atoms with Crippen LogP contribution in [0.5, 0.6) is 0 Å². The van der Waals surface area contributed by atoms with Crippen molar-refractivity contribution in [1.29, 1.82) is 0 Å². The maximum atomic E-state index is 13.5. The highest BCUT2D eigenvalue weighted by atomic mass is 32.1. The summed E-state index contributed by atoms with van der Waals surface area (Å²) in [4.78, 5) is 61.9.